The molecule has 0 radical (unpaired) electrons. The highest BCUT2D eigenvalue weighted by atomic mass is 32.2. The van der Waals surface area contributed by atoms with Crippen LogP contribution in [-0.2, 0) is 22.0 Å². The smallest absolute Gasteiger partial charge is 0.251 e. The van der Waals surface area contributed by atoms with E-state index >= 15 is 0 Å². The van der Waals surface area contributed by atoms with Crippen LogP contribution in [0.2, 0.25) is 0 Å². The van der Waals surface area contributed by atoms with Gasteiger partial charge in [-0.15, -0.1) is 0 Å². The zero-order valence-electron chi connectivity index (χ0n) is 19.8. The molecule has 0 fully saturated rings. The molecule has 0 aliphatic rings. The number of benzene rings is 3. The average molecular weight is 489 g/mol. The Kier molecular flexibility index (Phi) is 7.46. The van der Waals surface area contributed by atoms with E-state index in [1.165, 1.54) is 5.56 Å². The van der Waals surface area contributed by atoms with Gasteiger partial charge in [0.15, 0.2) is 9.84 Å². The van der Waals surface area contributed by atoms with Crippen LogP contribution in [0.5, 0.6) is 0 Å². The lowest BCUT2D eigenvalue weighted by Gasteiger charge is -2.14. The number of aromatic nitrogens is 1. The number of oxazole rings is 1. The second kappa shape index (κ2) is 10.7. The molecule has 0 aliphatic heterocycles. The molecule has 1 aromatic heterocycles. The first kappa shape index (κ1) is 24.4. The molecular weight excluding hydrogens is 460 g/mol. The van der Waals surface area contributed by atoms with Crippen molar-refractivity contribution in [2.45, 2.75) is 43.4 Å². The summed E-state index contributed by atoms with van der Waals surface area (Å²) in [5.41, 5.74) is 2.83. The molecule has 1 N–H and O–H groups in total. The normalized spacial score (nSPS) is 12.3. The maximum absolute atomic E-state index is 12.7. The summed E-state index contributed by atoms with van der Waals surface area (Å²) in [5, 5.41) is 3.04. The van der Waals surface area contributed by atoms with Crippen molar-refractivity contribution >= 4 is 15.7 Å². The summed E-state index contributed by atoms with van der Waals surface area (Å²) < 4.78 is 31.2. The van der Waals surface area contributed by atoms with Crippen LogP contribution in [0.15, 0.2) is 94.2 Å². The van der Waals surface area contributed by atoms with E-state index < -0.39 is 9.84 Å². The van der Waals surface area contributed by atoms with E-state index in [-0.39, 0.29) is 22.6 Å². The Morgan fingerprint density at radius 3 is 2.23 bits per heavy atom. The first-order chi connectivity index (χ1) is 16.8. The Balaban J connectivity index is 1.39. The minimum absolute atomic E-state index is 0.0332. The Bertz CT molecular complexity index is 1380. The quantitative estimate of drug-likeness (QED) is 0.342. The van der Waals surface area contributed by atoms with Crippen LogP contribution < -0.4 is 5.32 Å². The van der Waals surface area contributed by atoms with Crippen molar-refractivity contribution in [2.24, 2.45) is 0 Å². The monoisotopic (exact) mass is 488 g/mol. The Labute approximate surface area is 206 Å². The minimum Gasteiger partial charge on any atom is -0.441 e. The SMILES string of the molecule is Cc1oc(-c2ccc(C(=O)NC(C)CCc3ccccc3)cc2)nc1CS(=O)(=O)c1ccccc1. The second-order valence-corrected chi connectivity index (χ2v) is 10.6. The molecule has 6 nitrogen and oxygen atoms in total. The number of amides is 1. The van der Waals surface area contributed by atoms with E-state index in [9.17, 15) is 13.2 Å². The number of aryl methyl sites for hydroxylation is 2. The van der Waals surface area contributed by atoms with E-state index in [1.807, 2.05) is 25.1 Å². The highest BCUT2D eigenvalue weighted by Gasteiger charge is 2.21. The number of nitrogens with one attached hydrogen (secondary N) is 1. The third-order valence-corrected chi connectivity index (χ3v) is 7.45. The largest absolute Gasteiger partial charge is 0.441 e. The zero-order chi connectivity index (χ0) is 24.8. The molecule has 35 heavy (non-hydrogen) atoms. The highest BCUT2D eigenvalue weighted by molar-refractivity contribution is 7.90. The van der Waals surface area contributed by atoms with Gasteiger partial charge in [0.1, 0.15) is 11.5 Å². The number of carbonyl (C=O) groups is 1. The first-order valence-corrected chi connectivity index (χ1v) is 13.2. The lowest BCUT2D eigenvalue weighted by atomic mass is 10.1. The number of rotatable bonds is 9. The first-order valence-electron chi connectivity index (χ1n) is 11.5. The van der Waals surface area contributed by atoms with Crippen molar-refractivity contribution in [2.75, 3.05) is 0 Å². The van der Waals surface area contributed by atoms with Crippen LogP contribution in [0.3, 0.4) is 0 Å². The molecule has 180 valence electrons. The van der Waals surface area contributed by atoms with E-state index in [0.29, 0.717) is 28.5 Å². The zero-order valence-corrected chi connectivity index (χ0v) is 20.6. The molecule has 0 spiro atoms. The number of sulfone groups is 1. The summed E-state index contributed by atoms with van der Waals surface area (Å²) in [6.45, 7) is 3.70. The number of hydrogen-bond acceptors (Lipinski definition) is 5. The van der Waals surface area contributed by atoms with E-state index in [2.05, 4.69) is 22.4 Å². The summed E-state index contributed by atoms with van der Waals surface area (Å²) in [6.07, 6.45) is 1.74. The summed E-state index contributed by atoms with van der Waals surface area (Å²) >= 11 is 0. The van der Waals surface area contributed by atoms with Gasteiger partial charge in [0.25, 0.3) is 5.91 Å². The maximum atomic E-state index is 12.7. The van der Waals surface area contributed by atoms with Crippen molar-refractivity contribution < 1.29 is 17.6 Å². The fourth-order valence-electron chi connectivity index (χ4n) is 3.75. The summed E-state index contributed by atoms with van der Waals surface area (Å²) in [4.78, 5) is 17.3. The molecule has 0 saturated carbocycles. The molecule has 3 aromatic carbocycles. The summed E-state index contributed by atoms with van der Waals surface area (Å²) in [5.74, 6) is 0.390. The molecule has 0 bridgehead atoms. The maximum Gasteiger partial charge on any atom is 0.251 e. The van der Waals surface area contributed by atoms with Crippen molar-refractivity contribution in [1.82, 2.24) is 10.3 Å². The van der Waals surface area contributed by atoms with Crippen molar-refractivity contribution in [3.05, 3.63) is 108 Å². The van der Waals surface area contributed by atoms with Gasteiger partial charge in [0.2, 0.25) is 5.89 Å². The average Bonchev–Trinajstić information content (AvgIpc) is 3.23. The summed E-state index contributed by atoms with van der Waals surface area (Å²) in [6, 6.07) is 25.4. The van der Waals surface area contributed by atoms with Gasteiger partial charge in [0.05, 0.1) is 10.6 Å². The number of nitrogens with zero attached hydrogens (tertiary/aromatic N) is 1. The van der Waals surface area contributed by atoms with Crippen molar-refractivity contribution in [3.63, 3.8) is 0 Å². The van der Waals surface area contributed by atoms with Crippen LogP contribution in [0.4, 0.5) is 0 Å². The molecule has 7 heteroatoms. The standard InChI is InChI=1S/C28H28N2O4S/c1-20(13-14-22-9-5-3-6-10-22)29-27(31)23-15-17-24(18-16-23)28-30-26(21(2)34-28)19-35(32,33)25-11-7-4-8-12-25/h3-12,15-18,20H,13-14,19H2,1-2H3,(H,29,31). The molecule has 1 atom stereocenters. The second-order valence-electron chi connectivity index (χ2n) is 8.57. The molecule has 1 heterocycles. The van der Waals surface area contributed by atoms with E-state index in [4.69, 9.17) is 4.42 Å². The Morgan fingerprint density at radius 1 is 0.943 bits per heavy atom. The van der Waals surface area contributed by atoms with Gasteiger partial charge in [-0.05, 0) is 68.7 Å². The molecular formula is C28H28N2O4S. The predicted molar refractivity (Wildman–Crippen MR) is 136 cm³/mol. The molecule has 1 unspecified atom stereocenters. The van der Waals surface area contributed by atoms with Gasteiger partial charge in [-0.25, -0.2) is 13.4 Å². The highest BCUT2D eigenvalue weighted by Crippen LogP contribution is 2.25. The fraction of sp³-hybridized carbons (Fsp3) is 0.214. The van der Waals surface area contributed by atoms with Crippen molar-refractivity contribution in [1.29, 1.82) is 0 Å². The van der Waals surface area contributed by atoms with Crippen LogP contribution in [0, 0.1) is 6.92 Å². The van der Waals surface area contributed by atoms with Gasteiger partial charge in [-0.1, -0.05) is 48.5 Å². The number of hydrogen-bond donors (Lipinski definition) is 1. The molecule has 4 aromatic rings. The topological polar surface area (TPSA) is 89.3 Å². The molecule has 4 rings (SSSR count). The number of carbonyl (C=O) groups excluding carboxylic acids is 1. The Morgan fingerprint density at radius 2 is 1.57 bits per heavy atom. The summed E-state index contributed by atoms with van der Waals surface area (Å²) in [7, 11) is -3.53. The van der Waals surface area contributed by atoms with Crippen LogP contribution in [0.25, 0.3) is 11.5 Å². The van der Waals surface area contributed by atoms with Gasteiger partial charge < -0.3 is 9.73 Å². The van der Waals surface area contributed by atoms with Crippen LogP contribution >= 0.6 is 0 Å². The third kappa shape index (κ3) is 6.25. The molecule has 0 saturated heterocycles. The molecule has 1 amide bonds. The van der Waals surface area contributed by atoms with Gasteiger partial charge in [0, 0.05) is 17.2 Å². The van der Waals surface area contributed by atoms with Crippen LogP contribution in [-0.4, -0.2) is 25.4 Å². The molecule has 0 aliphatic carbocycles. The van der Waals surface area contributed by atoms with Gasteiger partial charge in [-0.2, -0.15) is 0 Å². The fourth-order valence-corrected chi connectivity index (χ4v) is 5.11. The van der Waals surface area contributed by atoms with Crippen molar-refractivity contribution in [3.8, 4) is 11.5 Å². The third-order valence-electron chi connectivity index (χ3n) is 5.80. The lowest BCUT2D eigenvalue weighted by Crippen LogP contribution is -2.32. The van der Waals surface area contributed by atoms with Gasteiger partial charge >= 0.3 is 0 Å². The Hall–Kier alpha value is -3.71. The van der Waals surface area contributed by atoms with E-state index in [0.717, 1.165) is 12.8 Å². The van der Waals surface area contributed by atoms with Gasteiger partial charge in [-0.3, -0.25) is 4.79 Å². The predicted octanol–water partition coefficient (Wildman–Crippen LogP) is 5.38. The minimum atomic E-state index is -3.53. The lowest BCUT2D eigenvalue weighted by molar-refractivity contribution is 0.0938. The van der Waals surface area contributed by atoms with E-state index in [1.54, 1.807) is 61.5 Å². The van der Waals surface area contributed by atoms with Crippen LogP contribution in [0.1, 0.15) is 40.7 Å².